The number of fused-ring (bicyclic) bond motifs is 2. The SMILES string of the molecule is O=c1c(N(Cc2ncc(-c3nnc(C(F)F)o3)cc2F)c2ccccc2)c(N2C[C@@H]3C[C@H]2CN3C2COC2)c1=O. The zero-order valence-corrected chi connectivity index (χ0v) is 21.0. The van der Waals surface area contributed by atoms with Gasteiger partial charge in [-0.2, -0.15) is 8.78 Å². The molecule has 7 rings (SSSR count). The van der Waals surface area contributed by atoms with Crippen molar-refractivity contribution in [2.75, 3.05) is 36.1 Å². The highest BCUT2D eigenvalue weighted by Crippen LogP contribution is 2.41. The van der Waals surface area contributed by atoms with E-state index in [4.69, 9.17) is 9.15 Å². The second kappa shape index (κ2) is 9.52. The molecule has 0 spiro atoms. The van der Waals surface area contributed by atoms with E-state index in [-0.39, 0.29) is 41.5 Å². The summed E-state index contributed by atoms with van der Waals surface area (Å²) in [5, 5.41) is 6.79. The largest absolute Gasteiger partial charge is 0.415 e. The van der Waals surface area contributed by atoms with Crippen molar-refractivity contribution >= 4 is 17.1 Å². The van der Waals surface area contributed by atoms with Crippen molar-refractivity contribution < 1.29 is 22.3 Å². The number of para-hydroxylation sites is 1. The topological polar surface area (TPSA) is 105 Å². The fraction of sp³-hybridized carbons (Fsp3) is 0.370. The quantitative estimate of drug-likeness (QED) is 0.303. The van der Waals surface area contributed by atoms with E-state index in [1.807, 2.05) is 11.0 Å². The van der Waals surface area contributed by atoms with Gasteiger partial charge in [0.25, 0.3) is 16.7 Å². The van der Waals surface area contributed by atoms with Gasteiger partial charge in [0, 0.05) is 37.1 Å². The number of hydrogen-bond donors (Lipinski definition) is 0. The summed E-state index contributed by atoms with van der Waals surface area (Å²) in [5.41, 5.74) is 0.0114. The number of hydrogen-bond acceptors (Lipinski definition) is 10. The van der Waals surface area contributed by atoms with Crippen LogP contribution < -0.4 is 20.7 Å². The number of ether oxygens (including phenoxy) is 1. The van der Waals surface area contributed by atoms with Crippen LogP contribution in [0, 0.1) is 5.82 Å². The number of anilines is 3. The zero-order chi connectivity index (χ0) is 27.5. The molecular formula is C27H23F3N6O4. The first-order valence-corrected chi connectivity index (χ1v) is 12.9. The summed E-state index contributed by atoms with van der Waals surface area (Å²) in [6, 6.07) is 10.8. The molecule has 3 saturated heterocycles. The number of benzene rings is 1. The van der Waals surface area contributed by atoms with Gasteiger partial charge in [0.2, 0.25) is 5.89 Å². The van der Waals surface area contributed by atoms with Crippen molar-refractivity contribution in [1.82, 2.24) is 20.1 Å². The maximum absolute atomic E-state index is 15.3. The number of alkyl halides is 2. The van der Waals surface area contributed by atoms with Crippen molar-refractivity contribution in [3.63, 3.8) is 0 Å². The van der Waals surface area contributed by atoms with Gasteiger partial charge in [0.1, 0.15) is 17.2 Å². The van der Waals surface area contributed by atoms with E-state index in [0.29, 0.717) is 37.2 Å². The summed E-state index contributed by atoms with van der Waals surface area (Å²) in [5.74, 6) is -1.92. The molecule has 2 aromatic heterocycles. The van der Waals surface area contributed by atoms with Crippen molar-refractivity contribution in [3.05, 3.63) is 80.4 Å². The number of likely N-dealkylation sites (tertiary alicyclic amines) is 1. The van der Waals surface area contributed by atoms with E-state index < -0.39 is 29.0 Å². The lowest BCUT2D eigenvalue weighted by Gasteiger charge is -2.43. The highest BCUT2D eigenvalue weighted by molar-refractivity contribution is 5.82. The van der Waals surface area contributed by atoms with Crippen LogP contribution >= 0.6 is 0 Å². The molecular weight excluding hydrogens is 529 g/mol. The van der Waals surface area contributed by atoms with Gasteiger partial charge in [-0.25, -0.2) is 4.39 Å². The number of rotatable bonds is 8. The Morgan fingerprint density at radius 2 is 1.82 bits per heavy atom. The summed E-state index contributed by atoms with van der Waals surface area (Å²) in [7, 11) is 0. The van der Waals surface area contributed by atoms with Crippen LogP contribution in [-0.4, -0.2) is 64.5 Å². The number of pyridine rings is 1. The van der Waals surface area contributed by atoms with Crippen LogP contribution in [0.1, 0.15) is 24.4 Å². The van der Waals surface area contributed by atoms with Crippen molar-refractivity contribution in [2.45, 2.75) is 37.5 Å². The lowest BCUT2D eigenvalue weighted by atomic mass is 10.1. The van der Waals surface area contributed by atoms with Gasteiger partial charge in [-0.1, -0.05) is 18.2 Å². The van der Waals surface area contributed by atoms with Crippen LogP contribution in [0.5, 0.6) is 0 Å². The molecule has 0 aliphatic carbocycles. The average Bonchev–Trinajstić information content (AvgIpc) is 3.67. The Balaban J connectivity index is 1.20. The summed E-state index contributed by atoms with van der Waals surface area (Å²) in [6.07, 6.45) is -0.809. The van der Waals surface area contributed by atoms with Gasteiger partial charge in [0.05, 0.1) is 37.1 Å². The summed E-state index contributed by atoms with van der Waals surface area (Å²) in [6.45, 7) is 2.71. The molecule has 0 radical (unpaired) electrons. The molecule has 10 nitrogen and oxygen atoms in total. The van der Waals surface area contributed by atoms with E-state index in [1.165, 1.54) is 6.20 Å². The molecule has 0 saturated carbocycles. The predicted octanol–water partition coefficient (Wildman–Crippen LogP) is 2.80. The lowest BCUT2D eigenvalue weighted by Crippen LogP contribution is -2.58. The number of halogens is 3. The molecule has 40 heavy (non-hydrogen) atoms. The lowest BCUT2D eigenvalue weighted by molar-refractivity contribution is -0.0708. The summed E-state index contributed by atoms with van der Waals surface area (Å²) < 4.78 is 51.2. The first-order valence-electron chi connectivity index (χ1n) is 12.9. The maximum Gasteiger partial charge on any atom is 0.314 e. The van der Waals surface area contributed by atoms with Gasteiger partial charge in [-0.3, -0.25) is 19.5 Å². The molecule has 4 aromatic rings. The first-order chi connectivity index (χ1) is 19.4. The second-order valence-electron chi connectivity index (χ2n) is 10.3. The van der Waals surface area contributed by atoms with Crippen LogP contribution in [0.25, 0.3) is 11.5 Å². The highest BCUT2D eigenvalue weighted by Gasteiger charge is 2.49. The molecule has 206 valence electrons. The van der Waals surface area contributed by atoms with E-state index in [1.54, 1.807) is 29.2 Å². The Hall–Kier alpha value is -4.10. The minimum absolute atomic E-state index is 0.0145. The van der Waals surface area contributed by atoms with Gasteiger partial charge in [-0.15, -0.1) is 10.2 Å². The molecule has 2 aromatic carbocycles. The standard InChI is InChI=1S/C27H23F3N6O4/c28-19-6-14(26-32-33-27(40-26)25(29)30)8-31-20(19)11-36(15-4-2-1-3-5-15)22-21(23(37)24(22)38)35-10-16-7-17(35)9-34(16)18-12-39-13-18/h1-6,8,16-18,25H,7,9-13H2/t16-,17-/m0/s1. The third-order valence-electron chi connectivity index (χ3n) is 7.96. The molecule has 3 aliphatic heterocycles. The molecule has 0 amide bonds. The molecule has 2 bridgehead atoms. The van der Waals surface area contributed by atoms with Crippen LogP contribution in [0.2, 0.25) is 0 Å². The summed E-state index contributed by atoms with van der Waals surface area (Å²) >= 11 is 0. The Kier molecular flexibility index (Phi) is 5.93. The van der Waals surface area contributed by atoms with Crippen molar-refractivity contribution in [2.24, 2.45) is 0 Å². The third kappa shape index (κ3) is 3.99. The molecule has 3 fully saturated rings. The zero-order valence-electron chi connectivity index (χ0n) is 21.0. The van der Waals surface area contributed by atoms with E-state index in [9.17, 15) is 18.4 Å². The fourth-order valence-electron chi connectivity index (χ4n) is 5.91. The summed E-state index contributed by atoms with van der Waals surface area (Å²) in [4.78, 5) is 36.2. The molecule has 13 heteroatoms. The van der Waals surface area contributed by atoms with Gasteiger partial charge >= 0.3 is 6.43 Å². The monoisotopic (exact) mass is 552 g/mol. The molecule has 0 unspecified atom stereocenters. The van der Waals surface area contributed by atoms with Crippen molar-refractivity contribution in [3.8, 4) is 11.5 Å². The minimum atomic E-state index is -2.95. The van der Waals surface area contributed by atoms with Gasteiger partial charge < -0.3 is 19.0 Å². The molecule has 5 heterocycles. The van der Waals surface area contributed by atoms with Crippen LogP contribution in [-0.2, 0) is 11.3 Å². The van der Waals surface area contributed by atoms with Gasteiger partial charge in [-0.05, 0) is 24.6 Å². The smallest absolute Gasteiger partial charge is 0.314 e. The molecule has 3 aliphatic rings. The Bertz CT molecular complexity index is 1640. The van der Waals surface area contributed by atoms with E-state index in [2.05, 4.69) is 20.1 Å². The third-order valence-corrected chi connectivity index (χ3v) is 7.96. The first kappa shape index (κ1) is 24.9. The van der Waals surface area contributed by atoms with Crippen LogP contribution in [0.15, 0.2) is 56.6 Å². The predicted molar refractivity (Wildman–Crippen MR) is 137 cm³/mol. The molecule has 2 atom stereocenters. The Morgan fingerprint density at radius 3 is 2.45 bits per heavy atom. The second-order valence-corrected chi connectivity index (χ2v) is 10.3. The Morgan fingerprint density at radius 1 is 1.02 bits per heavy atom. The maximum atomic E-state index is 15.3. The average molecular weight is 553 g/mol. The number of nitrogens with zero attached hydrogens (tertiary/aromatic N) is 6. The Labute approximate surface area is 225 Å². The van der Waals surface area contributed by atoms with Crippen LogP contribution in [0.4, 0.5) is 30.2 Å². The van der Waals surface area contributed by atoms with E-state index in [0.717, 1.165) is 19.0 Å². The minimum Gasteiger partial charge on any atom is -0.415 e. The highest BCUT2D eigenvalue weighted by atomic mass is 19.3. The molecule has 0 N–H and O–H groups in total. The fourth-order valence-corrected chi connectivity index (χ4v) is 5.91. The van der Waals surface area contributed by atoms with Crippen molar-refractivity contribution in [1.29, 1.82) is 0 Å². The van der Waals surface area contributed by atoms with Gasteiger partial charge in [0.15, 0.2) is 0 Å². The van der Waals surface area contributed by atoms with E-state index >= 15 is 4.39 Å². The van der Waals surface area contributed by atoms with Crippen LogP contribution in [0.3, 0.4) is 0 Å². The number of aromatic nitrogens is 3. The normalized spacial score (nSPS) is 21.1. The number of piperazine rings is 1.